The van der Waals surface area contributed by atoms with Crippen LogP contribution >= 0.6 is 22.9 Å². The van der Waals surface area contributed by atoms with Gasteiger partial charge in [0, 0.05) is 22.2 Å². The van der Waals surface area contributed by atoms with Crippen LogP contribution < -0.4 is 4.90 Å². The summed E-state index contributed by atoms with van der Waals surface area (Å²) in [5.41, 5.74) is 3.41. The molecule has 0 radical (unpaired) electrons. The lowest BCUT2D eigenvalue weighted by Gasteiger charge is -2.30. The fourth-order valence-electron chi connectivity index (χ4n) is 2.32. The van der Waals surface area contributed by atoms with Crippen LogP contribution in [0.15, 0.2) is 23.6 Å². The van der Waals surface area contributed by atoms with Crippen LogP contribution in [0.2, 0.25) is 0 Å². The summed E-state index contributed by atoms with van der Waals surface area (Å²) in [6, 6.07) is 6.75. The summed E-state index contributed by atoms with van der Waals surface area (Å²) < 4.78 is 0. The van der Waals surface area contributed by atoms with Gasteiger partial charge in [-0.25, -0.2) is 4.98 Å². The fraction of sp³-hybridized carbons (Fsp3) is 0.438. The molecular weight excluding hydrogens is 288 g/mol. The molecule has 108 valence electrons. The predicted octanol–water partition coefficient (Wildman–Crippen LogP) is 4.91. The van der Waals surface area contributed by atoms with Crippen LogP contribution in [0.3, 0.4) is 0 Å². The average Bonchev–Trinajstić information content (AvgIpc) is 2.87. The second-order valence-corrected chi connectivity index (χ2v) is 6.62. The van der Waals surface area contributed by atoms with Gasteiger partial charge in [0.05, 0.1) is 12.4 Å². The predicted molar refractivity (Wildman–Crippen MR) is 88.9 cm³/mol. The van der Waals surface area contributed by atoms with Crippen LogP contribution in [0.1, 0.15) is 35.5 Å². The molecule has 0 aromatic carbocycles. The monoisotopic (exact) mass is 308 g/mol. The molecule has 2 heterocycles. The lowest BCUT2D eigenvalue weighted by Crippen LogP contribution is -2.32. The van der Waals surface area contributed by atoms with Crippen molar-refractivity contribution in [2.75, 3.05) is 4.90 Å². The Balaban J connectivity index is 2.43. The SMILES string of the molecule is Cc1cc(C)c(CCl)c(N(Cc2cccs2)C(C)C)n1. The zero-order chi connectivity index (χ0) is 14.7. The molecule has 20 heavy (non-hydrogen) atoms. The largest absolute Gasteiger partial charge is 0.349 e. The summed E-state index contributed by atoms with van der Waals surface area (Å²) in [7, 11) is 0. The Morgan fingerprint density at radius 3 is 2.65 bits per heavy atom. The second kappa shape index (κ2) is 6.59. The summed E-state index contributed by atoms with van der Waals surface area (Å²) >= 11 is 7.94. The lowest BCUT2D eigenvalue weighted by molar-refractivity contribution is 0.672. The summed E-state index contributed by atoms with van der Waals surface area (Å²) in [4.78, 5) is 8.44. The molecule has 0 unspecified atom stereocenters. The smallest absolute Gasteiger partial charge is 0.134 e. The molecule has 0 aliphatic rings. The van der Waals surface area contributed by atoms with Gasteiger partial charge in [0.15, 0.2) is 0 Å². The molecule has 0 aliphatic carbocycles. The van der Waals surface area contributed by atoms with Crippen LogP contribution in [0, 0.1) is 13.8 Å². The summed E-state index contributed by atoms with van der Waals surface area (Å²) in [5.74, 6) is 1.53. The maximum absolute atomic E-state index is 6.16. The molecule has 0 spiro atoms. The second-order valence-electron chi connectivity index (χ2n) is 5.32. The van der Waals surface area contributed by atoms with Gasteiger partial charge in [0.1, 0.15) is 5.82 Å². The van der Waals surface area contributed by atoms with E-state index in [0.29, 0.717) is 11.9 Å². The van der Waals surface area contributed by atoms with Gasteiger partial charge in [-0.15, -0.1) is 22.9 Å². The number of aryl methyl sites for hydroxylation is 2. The minimum absolute atomic E-state index is 0.382. The number of hydrogen-bond acceptors (Lipinski definition) is 3. The molecular formula is C16H21ClN2S. The number of aromatic nitrogens is 1. The Labute approximate surface area is 130 Å². The first-order valence-corrected chi connectivity index (χ1v) is 8.26. The minimum Gasteiger partial charge on any atom is -0.349 e. The highest BCUT2D eigenvalue weighted by atomic mass is 35.5. The number of thiophene rings is 1. The van der Waals surface area contributed by atoms with Gasteiger partial charge in [0.25, 0.3) is 0 Å². The first-order valence-electron chi connectivity index (χ1n) is 6.85. The Bertz CT molecular complexity index is 564. The maximum atomic E-state index is 6.16. The summed E-state index contributed by atoms with van der Waals surface area (Å²) in [6.07, 6.45) is 0. The molecule has 0 atom stereocenters. The molecule has 0 fully saturated rings. The van der Waals surface area contributed by atoms with Gasteiger partial charge < -0.3 is 4.90 Å². The third-order valence-electron chi connectivity index (χ3n) is 3.39. The molecule has 2 rings (SSSR count). The highest BCUT2D eigenvalue weighted by Gasteiger charge is 2.18. The van der Waals surface area contributed by atoms with Gasteiger partial charge in [-0.3, -0.25) is 0 Å². The number of alkyl halides is 1. The highest BCUT2D eigenvalue weighted by Crippen LogP contribution is 2.28. The molecule has 2 aromatic heterocycles. The zero-order valence-corrected chi connectivity index (χ0v) is 14.1. The maximum Gasteiger partial charge on any atom is 0.134 e. The van der Waals surface area contributed by atoms with Gasteiger partial charge >= 0.3 is 0 Å². The van der Waals surface area contributed by atoms with Gasteiger partial charge in [-0.1, -0.05) is 6.07 Å². The number of nitrogens with zero attached hydrogens (tertiary/aromatic N) is 2. The van der Waals surface area contributed by atoms with E-state index in [1.807, 2.05) is 6.92 Å². The quantitative estimate of drug-likeness (QED) is 0.729. The lowest BCUT2D eigenvalue weighted by atomic mass is 10.1. The van der Waals surface area contributed by atoms with Gasteiger partial charge in [-0.05, 0) is 50.8 Å². The van der Waals surface area contributed by atoms with Crippen molar-refractivity contribution in [2.24, 2.45) is 0 Å². The van der Waals surface area contributed by atoms with Crippen LogP contribution in [-0.2, 0) is 12.4 Å². The number of anilines is 1. The van der Waals surface area contributed by atoms with E-state index in [1.165, 1.54) is 10.4 Å². The Hall–Kier alpha value is -1.06. The van der Waals surface area contributed by atoms with E-state index < -0.39 is 0 Å². The molecule has 0 aliphatic heterocycles. The first kappa shape index (κ1) is 15.3. The third kappa shape index (κ3) is 3.33. The molecule has 0 saturated carbocycles. The molecule has 2 aromatic rings. The van der Waals surface area contributed by atoms with E-state index in [2.05, 4.69) is 49.3 Å². The Morgan fingerprint density at radius 2 is 2.10 bits per heavy atom. The van der Waals surface area contributed by atoms with Crippen LogP contribution in [-0.4, -0.2) is 11.0 Å². The van der Waals surface area contributed by atoms with Crippen LogP contribution in [0.25, 0.3) is 0 Å². The van der Waals surface area contributed by atoms with Crippen molar-refractivity contribution in [3.05, 3.63) is 45.3 Å². The Kier molecular flexibility index (Phi) is 5.06. The van der Waals surface area contributed by atoms with Gasteiger partial charge in [0.2, 0.25) is 0 Å². The number of rotatable bonds is 5. The number of halogens is 1. The molecule has 0 saturated heterocycles. The van der Waals surface area contributed by atoms with E-state index in [-0.39, 0.29) is 0 Å². The summed E-state index contributed by atoms with van der Waals surface area (Å²) in [5, 5.41) is 2.12. The topological polar surface area (TPSA) is 16.1 Å². The van der Waals surface area contributed by atoms with Crippen molar-refractivity contribution in [2.45, 2.75) is 46.2 Å². The van der Waals surface area contributed by atoms with Crippen molar-refractivity contribution in [1.29, 1.82) is 0 Å². The van der Waals surface area contributed by atoms with E-state index in [9.17, 15) is 0 Å². The standard InChI is InChI=1S/C16H21ClN2S/c1-11(2)19(10-14-6-5-7-20-14)16-15(9-17)12(3)8-13(4)18-16/h5-8,11H,9-10H2,1-4H3. The third-order valence-corrected chi connectivity index (χ3v) is 4.52. The molecule has 4 heteroatoms. The van der Waals surface area contributed by atoms with E-state index in [0.717, 1.165) is 23.6 Å². The normalized spacial score (nSPS) is 11.1. The van der Waals surface area contributed by atoms with Crippen molar-refractivity contribution in [3.63, 3.8) is 0 Å². The number of pyridine rings is 1. The molecule has 0 N–H and O–H groups in total. The van der Waals surface area contributed by atoms with Crippen molar-refractivity contribution >= 4 is 28.8 Å². The Morgan fingerprint density at radius 1 is 1.35 bits per heavy atom. The van der Waals surface area contributed by atoms with Crippen LogP contribution in [0.4, 0.5) is 5.82 Å². The minimum atomic E-state index is 0.382. The molecule has 0 amide bonds. The first-order chi connectivity index (χ1) is 9.52. The average molecular weight is 309 g/mol. The molecule has 0 bridgehead atoms. The van der Waals surface area contributed by atoms with Crippen molar-refractivity contribution < 1.29 is 0 Å². The molecule has 2 nitrogen and oxygen atoms in total. The fourth-order valence-corrected chi connectivity index (χ4v) is 3.35. The van der Waals surface area contributed by atoms with E-state index >= 15 is 0 Å². The van der Waals surface area contributed by atoms with Crippen LogP contribution in [0.5, 0.6) is 0 Å². The van der Waals surface area contributed by atoms with Crippen molar-refractivity contribution in [3.8, 4) is 0 Å². The zero-order valence-electron chi connectivity index (χ0n) is 12.5. The van der Waals surface area contributed by atoms with Gasteiger partial charge in [-0.2, -0.15) is 0 Å². The van der Waals surface area contributed by atoms with E-state index in [4.69, 9.17) is 16.6 Å². The van der Waals surface area contributed by atoms with Crippen molar-refractivity contribution in [1.82, 2.24) is 4.98 Å². The number of hydrogen-bond donors (Lipinski definition) is 0. The highest BCUT2D eigenvalue weighted by molar-refractivity contribution is 7.09. The van der Waals surface area contributed by atoms with E-state index in [1.54, 1.807) is 11.3 Å². The summed E-state index contributed by atoms with van der Waals surface area (Å²) in [6.45, 7) is 9.43.